The number of nitrogens with one attached hydrogen (secondary N) is 1. The maximum Gasteiger partial charge on any atom is 0.242 e. The highest BCUT2D eigenvalue weighted by Gasteiger charge is 2.18. The van der Waals surface area contributed by atoms with E-state index in [1.165, 1.54) is 18.2 Å². The Hall–Kier alpha value is -1.86. The maximum absolute atomic E-state index is 12.5. The largest absolute Gasteiger partial charge is 0.306 e. The first-order chi connectivity index (χ1) is 11.5. The van der Waals surface area contributed by atoms with Crippen LogP contribution in [0.3, 0.4) is 0 Å². The molecule has 0 unspecified atom stereocenters. The number of hydrogen-bond acceptors (Lipinski definition) is 3. The van der Waals surface area contributed by atoms with Crippen molar-refractivity contribution in [1.29, 1.82) is 0 Å². The number of hydrogen-bond donors (Lipinski definition) is 1. The van der Waals surface area contributed by atoms with E-state index in [0.717, 1.165) is 11.3 Å². The summed E-state index contributed by atoms with van der Waals surface area (Å²) in [6.45, 7) is 0.111. The van der Waals surface area contributed by atoms with Crippen LogP contribution in [0.1, 0.15) is 5.56 Å². The molecule has 0 spiro atoms. The SMILES string of the molecule is O=S(=O)(NCc1ccccc1-n1ccnc1)c1cc(Cl)ccc1Cl. The van der Waals surface area contributed by atoms with Crippen LogP contribution in [0.4, 0.5) is 0 Å². The van der Waals surface area contributed by atoms with Crippen molar-refractivity contribution in [3.05, 3.63) is 76.8 Å². The van der Waals surface area contributed by atoms with E-state index in [1.54, 1.807) is 18.7 Å². The Morgan fingerprint density at radius 1 is 1.12 bits per heavy atom. The van der Waals surface area contributed by atoms with Crippen molar-refractivity contribution in [3.8, 4) is 5.69 Å². The third-order valence-electron chi connectivity index (χ3n) is 3.41. The molecule has 5 nitrogen and oxygen atoms in total. The number of para-hydroxylation sites is 1. The molecule has 0 saturated heterocycles. The first-order valence-electron chi connectivity index (χ1n) is 6.98. The van der Waals surface area contributed by atoms with Crippen LogP contribution in [0.2, 0.25) is 10.0 Å². The summed E-state index contributed by atoms with van der Waals surface area (Å²) in [4.78, 5) is 3.96. The molecule has 8 heteroatoms. The fraction of sp³-hybridized carbons (Fsp3) is 0.0625. The molecule has 0 saturated carbocycles. The van der Waals surface area contributed by atoms with Crippen LogP contribution in [0.5, 0.6) is 0 Å². The van der Waals surface area contributed by atoms with E-state index in [2.05, 4.69) is 9.71 Å². The van der Waals surface area contributed by atoms with Crippen LogP contribution in [-0.2, 0) is 16.6 Å². The maximum atomic E-state index is 12.5. The molecular weight excluding hydrogens is 369 g/mol. The number of halogens is 2. The predicted molar refractivity (Wildman–Crippen MR) is 94.1 cm³/mol. The molecule has 2 aromatic carbocycles. The van der Waals surface area contributed by atoms with Gasteiger partial charge in [-0.15, -0.1) is 0 Å². The molecule has 0 radical (unpaired) electrons. The molecule has 3 aromatic rings. The van der Waals surface area contributed by atoms with Gasteiger partial charge in [0.2, 0.25) is 10.0 Å². The van der Waals surface area contributed by atoms with Crippen molar-refractivity contribution in [2.24, 2.45) is 0 Å². The minimum absolute atomic E-state index is 0.0446. The summed E-state index contributed by atoms with van der Waals surface area (Å²) in [6, 6.07) is 11.8. The Labute approximate surface area is 149 Å². The third-order valence-corrected chi connectivity index (χ3v) is 5.53. The highest BCUT2D eigenvalue weighted by atomic mass is 35.5. The second kappa shape index (κ2) is 6.94. The summed E-state index contributed by atoms with van der Waals surface area (Å²) in [7, 11) is -3.79. The number of benzene rings is 2. The summed E-state index contributed by atoms with van der Waals surface area (Å²) in [5, 5.41) is 0.424. The van der Waals surface area contributed by atoms with E-state index in [4.69, 9.17) is 23.2 Å². The lowest BCUT2D eigenvalue weighted by Crippen LogP contribution is -2.24. The van der Waals surface area contributed by atoms with Gasteiger partial charge in [-0.3, -0.25) is 0 Å². The Bertz CT molecular complexity index is 957. The molecule has 3 rings (SSSR count). The number of sulfonamides is 1. The average Bonchev–Trinajstić information content (AvgIpc) is 3.10. The minimum Gasteiger partial charge on any atom is -0.306 e. The molecule has 1 heterocycles. The van der Waals surface area contributed by atoms with Gasteiger partial charge in [-0.25, -0.2) is 18.1 Å². The molecule has 0 aliphatic carbocycles. The van der Waals surface area contributed by atoms with Crippen LogP contribution >= 0.6 is 23.2 Å². The van der Waals surface area contributed by atoms with Gasteiger partial charge in [-0.05, 0) is 29.8 Å². The van der Waals surface area contributed by atoms with E-state index >= 15 is 0 Å². The van der Waals surface area contributed by atoms with E-state index < -0.39 is 10.0 Å². The van der Waals surface area contributed by atoms with Gasteiger partial charge in [0.15, 0.2) is 0 Å². The summed E-state index contributed by atoms with van der Waals surface area (Å²) < 4.78 is 29.4. The molecule has 0 fully saturated rings. The fourth-order valence-electron chi connectivity index (χ4n) is 2.25. The first-order valence-corrected chi connectivity index (χ1v) is 9.22. The van der Waals surface area contributed by atoms with Crippen molar-refractivity contribution < 1.29 is 8.42 Å². The van der Waals surface area contributed by atoms with Gasteiger partial charge in [-0.2, -0.15) is 0 Å². The monoisotopic (exact) mass is 381 g/mol. The van der Waals surface area contributed by atoms with E-state index in [9.17, 15) is 8.42 Å². The van der Waals surface area contributed by atoms with Crippen LogP contribution in [0.25, 0.3) is 5.69 Å². The minimum atomic E-state index is -3.79. The molecule has 0 bridgehead atoms. The normalized spacial score (nSPS) is 11.6. The Kier molecular flexibility index (Phi) is 4.91. The molecule has 0 amide bonds. The van der Waals surface area contributed by atoms with Crippen molar-refractivity contribution in [1.82, 2.24) is 14.3 Å². The second-order valence-electron chi connectivity index (χ2n) is 5.00. The summed E-state index contributed by atoms with van der Waals surface area (Å²) in [5.41, 5.74) is 1.65. The molecule has 24 heavy (non-hydrogen) atoms. The first kappa shape index (κ1) is 17.0. The third kappa shape index (κ3) is 3.62. The van der Waals surface area contributed by atoms with Crippen molar-refractivity contribution in [2.75, 3.05) is 0 Å². The Morgan fingerprint density at radius 3 is 2.67 bits per heavy atom. The molecule has 0 atom stereocenters. The highest BCUT2D eigenvalue weighted by molar-refractivity contribution is 7.89. The molecule has 1 N–H and O–H groups in total. The Morgan fingerprint density at radius 2 is 1.92 bits per heavy atom. The lowest BCUT2D eigenvalue weighted by atomic mass is 10.2. The average molecular weight is 382 g/mol. The lowest BCUT2D eigenvalue weighted by Gasteiger charge is -2.12. The van der Waals surface area contributed by atoms with Crippen LogP contribution < -0.4 is 4.72 Å². The lowest BCUT2D eigenvalue weighted by molar-refractivity contribution is 0.581. The van der Waals surface area contributed by atoms with Crippen LogP contribution in [-0.4, -0.2) is 18.0 Å². The van der Waals surface area contributed by atoms with E-state index in [1.807, 2.05) is 28.8 Å². The summed E-state index contributed by atoms with van der Waals surface area (Å²) in [6.07, 6.45) is 5.11. The van der Waals surface area contributed by atoms with Crippen molar-refractivity contribution in [3.63, 3.8) is 0 Å². The van der Waals surface area contributed by atoms with Crippen molar-refractivity contribution >= 4 is 33.2 Å². The van der Waals surface area contributed by atoms with Gasteiger partial charge in [0.1, 0.15) is 4.90 Å². The number of nitrogens with zero attached hydrogens (tertiary/aromatic N) is 2. The smallest absolute Gasteiger partial charge is 0.242 e. The van der Waals surface area contributed by atoms with Crippen molar-refractivity contribution in [2.45, 2.75) is 11.4 Å². The highest BCUT2D eigenvalue weighted by Crippen LogP contribution is 2.25. The van der Waals surface area contributed by atoms with Gasteiger partial charge >= 0.3 is 0 Å². The zero-order chi connectivity index (χ0) is 17.2. The van der Waals surface area contributed by atoms with Gasteiger partial charge in [0.05, 0.1) is 17.0 Å². The van der Waals surface area contributed by atoms with Gasteiger partial charge in [0.25, 0.3) is 0 Å². The van der Waals surface area contributed by atoms with Crippen LogP contribution in [0.15, 0.2) is 66.1 Å². The van der Waals surface area contributed by atoms with Gasteiger partial charge < -0.3 is 4.57 Å². The Balaban J connectivity index is 1.87. The topological polar surface area (TPSA) is 64.0 Å². The molecule has 0 aliphatic heterocycles. The molecule has 1 aromatic heterocycles. The number of aromatic nitrogens is 2. The van der Waals surface area contributed by atoms with Crippen LogP contribution in [0, 0.1) is 0 Å². The number of rotatable bonds is 5. The summed E-state index contributed by atoms with van der Waals surface area (Å²) >= 11 is 11.9. The molecule has 124 valence electrons. The predicted octanol–water partition coefficient (Wildman–Crippen LogP) is 3.66. The number of imidazole rings is 1. The zero-order valence-electron chi connectivity index (χ0n) is 12.4. The molecular formula is C16H13Cl2N3O2S. The standard InChI is InChI=1S/C16H13Cl2N3O2S/c17-13-5-6-14(18)16(9-13)24(22,23)20-10-12-3-1-2-4-15(12)21-8-7-19-11-21/h1-9,11,20H,10H2. The van der Waals surface area contributed by atoms with Gasteiger partial charge in [0, 0.05) is 24.0 Å². The molecule has 0 aliphatic rings. The van der Waals surface area contributed by atoms with Gasteiger partial charge in [-0.1, -0.05) is 41.4 Å². The summed E-state index contributed by atoms with van der Waals surface area (Å²) in [5.74, 6) is 0. The zero-order valence-corrected chi connectivity index (χ0v) is 14.7. The second-order valence-corrected chi connectivity index (χ2v) is 7.58. The van der Waals surface area contributed by atoms with E-state index in [0.29, 0.717) is 5.02 Å². The van der Waals surface area contributed by atoms with E-state index in [-0.39, 0.29) is 16.5 Å². The fourth-order valence-corrected chi connectivity index (χ4v) is 4.01. The quantitative estimate of drug-likeness (QED) is 0.733.